The topological polar surface area (TPSA) is 71.5 Å². The Kier molecular flexibility index (Phi) is 5.05. The van der Waals surface area contributed by atoms with Crippen LogP contribution in [-0.4, -0.2) is 38.9 Å². The van der Waals surface area contributed by atoms with Gasteiger partial charge in [0.2, 0.25) is 10.0 Å². The van der Waals surface area contributed by atoms with Gasteiger partial charge in [-0.3, -0.25) is 0 Å². The Bertz CT molecular complexity index is 860. The number of sulfonamides is 1. The van der Waals surface area contributed by atoms with Crippen LogP contribution in [0.3, 0.4) is 0 Å². The van der Waals surface area contributed by atoms with Gasteiger partial charge in [0.15, 0.2) is 0 Å². The average Bonchev–Trinajstić information content (AvgIpc) is 3.02. The highest BCUT2D eigenvalue weighted by Crippen LogP contribution is 2.30. The number of aromatic nitrogens is 1. The normalized spacial score (nSPS) is 18.1. The van der Waals surface area contributed by atoms with Gasteiger partial charge in [-0.15, -0.1) is 13.2 Å². The summed E-state index contributed by atoms with van der Waals surface area (Å²) in [7, 11) is -4.17. The predicted molar refractivity (Wildman–Crippen MR) is 88.3 cm³/mol. The van der Waals surface area contributed by atoms with Crippen LogP contribution in [-0.2, 0) is 10.0 Å². The molecule has 1 fully saturated rings. The Morgan fingerprint density at radius 2 is 1.88 bits per heavy atom. The van der Waals surface area contributed by atoms with Gasteiger partial charge in [-0.1, -0.05) is 18.2 Å². The van der Waals surface area contributed by atoms with Crippen molar-refractivity contribution in [3.05, 3.63) is 48.7 Å². The fourth-order valence-corrected chi connectivity index (χ4v) is 4.16. The summed E-state index contributed by atoms with van der Waals surface area (Å²) in [4.78, 5) is 5.57. The van der Waals surface area contributed by atoms with Crippen LogP contribution < -0.4 is 14.4 Å². The first kappa shape index (κ1) is 18.5. The number of anilines is 1. The number of nitrogens with zero attached hydrogens (tertiary/aromatic N) is 2. The van der Waals surface area contributed by atoms with Gasteiger partial charge in [0, 0.05) is 25.3 Å². The summed E-state index contributed by atoms with van der Waals surface area (Å²) in [6.07, 6.45) is -2.83. The predicted octanol–water partition coefficient (Wildman–Crippen LogP) is 2.54. The highest BCUT2D eigenvalue weighted by atomic mass is 32.2. The largest absolute Gasteiger partial charge is 0.573 e. The van der Waals surface area contributed by atoms with Crippen LogP contribution in [0.15, 0.2) is 53.6 Å². The van der Waals surface area contributed by atoms with Crippen LogP contribution >= 0.6 is 0 Å². The number of ether oxygens (including phenoxy) is 1. The summed E-state index contributed by atoms with van der Waals surface area (Å²) in [6.45, 7) is 0.962. The van der Waals surface area contributed by atoms with E-state index in [1.54, 1.807) is 12.3 Å². The van der Waals surface area contributed by atoms with Crippen molar-refractivity contribution in [2.45, 2.75) is 23.7 Å². The number of halogens is 3. The van der Waals surface area contributed by atoms with Crippen molar-refractivity contribution in [1.82, 2.24) is 9.71 Å². The summed E-state index contributed by atoms with van der Waals surface area (Å²) in [5.74, 6) is -0.0397. The van der Waals surface area contributed by atoms with Gasteiger partial charge in [0.05, 0.1) is 0 Å². The second-order valence-corrected chi connectivity index (χ2v) is 7.42. The van der Waals surface area contributed by atoms with Gasteiger partial charge < -0.3 is 9.64 Å². The van der Waals surface area contributed by atoms with Crippen LogP contribution in [0.4, 0.5) is 19.0 Å². The zero-order valence-electron chi connectivity index (χ0n) is 13.5. The van der Waals surface area contributed by atoms with Gasteiger partial charge in [-0.25, -0.2) is 18.1 Å². The van der Waals surface area contributed by atoms with Crippen LogP contribution in [0.25, 0.3) is 0 Å². The molecule has 0 radical (unpaired) electrons. The molecule has 0 unspecified atom stereocenters. The monoisotopic (exact) mass is 387 g/mol. The first-order chi connectivity index (χ1) is 12.2. The molecule has 2 aromatic rings. The fraction of sp³-hybridized carbons (Fsp3) is 0.312. The van der Waals surface area contributed by atoms with Gasteiger partial charge >= 0.3 is 6.36 Å². The number of alkyl halides is 3. The quantitative estimate of drug-likeness (QED) is 0.854. The molecule has 10 heteroatoms. The smallest absolute Gasteiger partial charge is 0.404 e. The Labute approximate surface area is 148 Å². The first-order valence-corrected chi connectivity index (χ1v) is 9.26. The Morgan fingerprint density at radius 3 is 2.58 bits per heavy atom. The summed E-state index contributed by atoms with van der Waals surface area (Å²) in [6, 6.07) is 9.63. The van der Waals surface area contributed by atoms with Crippen molar-refractivity contribution < 1.29 is 26.3 Å². The zero-order chi connectivity index (χ0) is 18.8. The Balaban J connectivity index is 1.74. The van der Waals surface area contributed by atoms with Crippen molar-refractivity contribution in [1.29, 1.82) is 0 Å². The average molecular weight is 387 g/mol. The number of hydrogen-bond donors (Lipinski definition) is 1. The van der Waals surface area contributed by atoms with Gasteiger partial charge in [0.25, 0.3) is 0 Å². The lowest BCUT2D eigenvalue weighted by atomic mass is 10.3. The fourth-order valence-electron chi connectivity index (χ4n) is 2.77. The molecule has 2 heterocycles. The number of para-hydroxylation sites is 1. The molecule has 1 atom stereocenters. The molecule has 0 amide bonds. The molecule has 6 nitrogen and oxygen atoms in total. The van der Waals surface area contributed by atoms with E-state index in [9.17, 15) is 21.6 Å². The van der Waals surface area contributed by atoms with E-state index in [2.05, 4.69) is 14.4 Å². The molecule has 1 saturated heterocycles. The molecule has 0 spiro atoms. The van der Waals surface area contributed by atoms with Gasteiger partial charge in [0.1, 0.15) is 16.5 Å². The van der Waals surface area contributed by atoms with Crippen LogP contribution in [0.5, 0.6) is 5.75 Å². The molecular formula is C16H16F3N3O3S. The molecule has 26 heavy (non-hydrogen) atoms. The molecular weight excluding hydrogens is 371 g/mol. The maximum absolute atomic E-state index is 12.5. The molecule has 1 N–H and O–H groups in total. The summed E-state index contributed by atoms with van der Waals surface area (Å²) >= 11 is 0. The number of nitrogens with one attached hydrogen (secondary N) is 1. The van der Waals surface area contributed by atoms with E-state index in [0.29, 0.717) is 19.5 Å². The Morgan fingerprint density at radius 1 is 1.15 bits per heavy atom. The lowest BCUT2D eigenvalue weighted by Crippen LogP contribution is -2.37. The van der Waals surface area contributed by atoms with Crippen molar-refractivity contribution in [3.8, 4) is 5.75 Å². The van der Waals surface area contributed by atoms with Crippen molar-refractivity contribution in [2.75, 3.05) is 18.0 Å². The minimum atomic E-state index is -4.98. The van der Waals surface area contributed by atoms with E-state index in [1.807, 2.05) is 17.0 Å². The lowest BCUT2D eigenvalue weighted by Gasteiger charge is -2.18. The van der Waals surface area contributed by atoms with Crippen LogP contribution in [0.2, 0.25) is 0 Å². The SMILES string of the molecule is O=S(=O)(N[C@@H]1CCN(c2ccccn2)C1)c1ccccc1OC(F)(F)F. The third-order valence-electron chi connectivity index (χ3n) is 3.85. The first-order valence-electron chi connectivity index (χ1n) is 7.78. The van der Waals surface area contributed by atoms with E-state index in [-0.39, 0.29) is 0 Å². The molecule has 3 rings (SSSR count). The van der Waals surface area contributed by atoms with E-state index in [0.717, 1.165) is 18.0 Å². The molecule has 1 aromatic carbocycles. The molecule has 1 aliphatic heterocycles. The minimum absolute atomic E-state index is 0.374. The second-order valence-electron chi connectivity index (χ2n) is 5.74. The van der Waals surface area contributed by atoms with E-state index >= 15 is 0 Å². The number of hydrogen-bond acceptors (Lipinski definition) is 5. The van der Waals surface area contributed by atoms with Crippen molar-refractivity contribution in [2.24, 2.45) is 0 Å². The van der Waals surface area contributed by atoms with Gasteiger partial charge in [-0.2, -0.15) is 0 Å². The number of pyridine rings is 1. The summed E-state index contributed by atoms with van der Waals surface area (Å²) < 4.78 is 68.9. The zero-order valence-corrected chi connectivity index (χ0v) is 14.3. The maximum Gasteiger partial charge on any atom is 0.573 e. The highest BCUT2D eigenvalue weighted by molar-refractivity contribution is 7.89. The van der Waals surface area contributed by atoms with Crippen molar-refractivity contribution >= 4 is 15.8 Å². The lowest BCUT2D eigenvalue weighted by molar-refractivity contribution is -0.275. The second kappa shape index (κ2) is 7.12. The van der Waals surface area contributed by atoms with E-state index in [1.165, 1.54) is 12.1 Å². The maximum atomic E-state index is 12.5. The summed E-state index contributed by atoms with van der Waals surface area (Å²) in [5.41, 5.74) is 0. The van der Waals surface area contributed by atoms with Gasteiger partial charge in [-0.05, 0) is 30.7 Å². The summed E-state index contributed by atoms with van der Waals surface area (Å²) in [5, 5.41) is 0. The molecule has 1 aromatic heterocycles. The molecule has 140 valence electrons. The third kappa shape index (κ3) is 4.44. The number of benzene rings is 1. The van der Waals surface area contributed by atoms with E-state index in [4.69, 9.17) is 0 Å². The molecule has 0 aliphatic carbocycles. The van der Waals surface area contributed by atoms with E-state index < -0.39 is 33.1 Å². The Hall–Kier alpha value is -2.33. The van der Waals surface area contributed by atoms with Crippen LogP contribution in [0.1, 0.15) is 6.42 Å². The molecule has 0 saturated carbocycles. The number of rotatable bonds is 5. The molecule has 0 bridgehead atoms. The minimum Gasteiger partial charge on any atom is -0.404 e. The highest BCUT2D eigenvalue weighted by Gasteiger charge is 2.35. The van der Waals surface area contributed by atoms with Crippen LogP contribution in [0, 0.1) is 0 Å². The standard InChI is InChI=1S/C16H16F3N3O3S/c17-16(18,19)25-13-5-1-2-6-14(13)26(23,24)21-12-8-10-22(11-12)15-7-3-4-9-20-15/h1-7,9,12,21H,8,10-11H2/t12-/m1/s1. The molecule has 1 aliphatic rings. The third-order valence-corrected chi connectivity index (χ3v) is 5.41. The van der Waals surface area contributed by atoms with Crippen molar-refractivity contribution in [3.63, 3.8) is 0 Å².